The first-order valence-corrected chi connectivity index (χ1v) is 3.31. The summed E-state index contributed by atoms with van der Waals surface area (Å²) in [6.45, 7) is 0. The molecule has 12 heavy (non-hydrogen) atoms. The molecule has 0 aliphatic rings. The minimum absolute atomic E-state index is 0.333. The van der Waals surface area contributed by atoms with Gasteiger partial charge in [-0.2, -0.15) is 0 Å². The third-order valence-corrected chi connectivity index (χ3v) is 1.80. The van der Waals surface area contributed by atoms with Crippen LogP contribution in [-0.2, 0) is 0 Å². The van der Waals surface area contributed by atoms with Crippen LogP contribution in [0.3, 0.4) is 0 Å². The molecule has 0 atom stereocenters. The lowest BCUT2D eigenvalue weighted by molar-refractivity contribution is 0.596. The van der Waals surface area contributed by atoms with Gasteiger partial charge in [-0.05, 0) is 0 Å². The molecule has 66 valence electrons. The van der Waals surface area contributed by atoms with Gasteiger partial charge < -0.3 is 17.2 Å². The molecule has 3 nitrogen and oxygen atoms in total. The highest BCUT2D eigenvalue weighted by Gasteiger charge is 2.17. The number of halogens is 3. The highest BCUT2D eigenvalue weighted by atomic mass is 35.5. The first kappa shape index (κ1) is 8.86. The van der Waals surface area contributed by atoms with Crippen LogP contribution < -0.4 is 17.2 Å². The fraction of sp³-hybridized carbons (Fsp3) is 0. The van der Waals surface area contributed by atoms with Crippen LogP contribution in [0, 0.1) is 11.6 Å². The smallest absolute Gasteiger partial charge is 0.174 e. The lowest BCUT2D eigenvalue weighted by atomic mass is 10.2. The van der Waals surface area contributed by atoms with Crippen LogP contribution in [0.15, 0.2) is 0 Å². The van der Waals surface area contributed by atoms with Crippen molar-refractivity contribution in [2.24, 2.45) is 0 Å². The Bertz CT molecular complexity index is 235. The van der Waals surface area contributed by atoms with Crippen molar-refractivity contribution >= 4 is 28.7 Å². The maximum atomic E-state index is 12.8. The van der Waals surface area contributed by atoms with Crippen LogP contribution in [0.2, 0.25) is 5.02 Å². The lowest BCUT2D eigenvalue weighted by Gasteiger charge is -2.07. The van der Waals surface area contributed by atoms with E-state index in [9.17, 15) is 8.78 Å². The molecule has 6 N–H and O–H groups in total. The predicted molar refractivity (Wildman–Crippen MR) is 44.6 cm³/mol. The second kappa shape index (κ2) is 2.67. The molecule has 0 bridgehead atoms. The number of benzene rings is 1. The Morgan fingerprint density at radius 2 is 1.33 bits per heavy atom. The van der Waals surface area contributed by atoms with E-state index in [4.69, 9.17) is 28.8 Å². The van der Waals surface area contributed by atoms with E-state index < -0.39 is 28.0 Å². The van der Waals surface area contributed by atoms with Gasteiger partial charge in [0.05, 0.1) is 11.4 Å². The van der Waals surface area contributed by atoms with E-state index in [0.29, 0.717) is 0 Å². The molecular weight excluding hydrogens is 188 g/mol. The fourth-order valence-corrected chi connectivity index (χ4v) is 0.918. The van der Waals surface area contributed by atoms with Crippen molar-refractivity contribution in [3.63, 3.8) is 0 Å². The van der Waals surface area contributed by atoms with Gasteiger partial charge in [-0.1, -0.05) is 11.6 Å². The average molecular weight is 194 g/mol. The summed E-state index contributed by atoms with van der Waals surface area (Å²) in [5, 5.41) is -0.452. The van der Waals surface area contributed by atoms with Gasteiger partial charge in [-0.15, -0.1) is 0 Å². The summed E-state index contributed by atoms with van der Waals surface area (Å²) in [6, 6.07) is 0. The molecule has 0 fully saturated rings. The average Bonchev–Trinajstić information content (AvgIpc) is 2.08. The Morgan fingerprint density at radius 3 is 1.83 bits per heavy atom. The van der Waals surface area contributed by atoms with E-state index in [0.717, 1.165) is 0 Å². The van der Waals surface area contributed by atoms with Crippen LogP contribution in [-0.4, -0.2) is 0 Å². The number of hydrogen-bond acceptors (Lipinski definition) is 3. The minimum atomic E-state index is -1.08. The Kier molecular flexibility index (Phi) is 1.97. The molecular formula is C6H6ClF2N3. The first-order chi connectivity index (χ1) is 5.46. The van der Waals surface area contributed by atoms with E-state index >= 15 is 0 Å². The van der Waals surface area contributed by atoms with E-state index in [1.807, 2.05) is 0 Å². The van der Waals surface area contributed by atoms with Crippen LogP contribution in [0.4, 0.5) is 25.8 Å². The van der Waals surface area contributed by atoms with Crippen molar-refractivity contribution in [2.45, 2.75) is 0 Å². The number of hydrogen-bond donors (Lipinski definition) is 3. The summed E-state index contributed by atoms with van der Waals surface area (Å²) >= 11 is 5.33. The summed E-state index contributed by atoms with van der Waals surface area (Å²) < 4.78 is 25.6. The zero-order chi connectivity index (χ0) is 9.46. The standard InChI is InChI=1S/C6H6ClF2N3/c7-1-2(8)5(11)3(9)6(12)4(1)10/h10-12H2. The van der Waals surface area contributed by atoms with Gasteiger partial charge in [0.1, 0.15) is 10.7 Å². The summed E-state index contributed by atoms with van der Waals surface area (Å²) in [7, 11) is 0. The fourth-order valence-electron chi connectivity index (χ4n) is 0.714. The summed E-state index contributed by atoms with van der Waals surface area (Å²) in [4.78, 5) is 0. The quantitative estimate of drug-likeness (QED) is 0.430. The Morgan fingerprint density at radius 1 is 0.833 bits per heavy atom. The second-order valence-corrected chi connectivity index (χ2v) is 2.56. The van der Waals surface area contributed by atoms with E-state index in [2.05, 4.69) is 0 Å². The van der Waals surface area contributed by atoms with Crippen LogP contribution in [0.1, 0.15) is 0 Å². The number of nitrogens with two attached hydrogens (primary N) is 3. The van der Waals surface area contributed by atoms with Gasteiger partial charge >= 0.3 is 0 Å². The van der Waals surface area contributed by atoms with Crippen LogP contribution >= 0.6 is 11.6 Å². The van der Waals surface area contributed by atoms with Crippen molar-refractivity contribution in [3.8, 4) is 0 Å². The van der Waals surface area contributed by atoms with E-state index in [1.165, 1.54) is 0 Å². The summed E-state index contributed by atoms with van der Waals surface area (Å²) in [6.07, 6.45) is 0. The maximum absolute atomic E-state index is 12.8. The zero-order valence-corrected chi connectivity index (χ0v) is 6.62. The molecule has 0 heterocycles. The van der Waals surface area contributed by atoms with Crippen LogP contribution in [0.5, 0.6) is 0 Å². The van der Waals surface area contributed by atoms with E-state index in [-0.39, 0.29) is 5.69 Å². The second-order valence-electron chi connectivity index (χ2n) is 2.18. The van der Waals surface area contributed by atoms with Crippen molar-refractivity contribution in [1.29, 1.82) is 0 Å². The molecule has 0 unspecified atom stereocenters. The lowest BCUT2D eigenvalue weighted by Crippen LogP contribution is -2.05. The van der Waals surface area contributed by atoms with Crippen molar-refractivity contribution in [3.05, 3.63) is 16.7 Å². The topological polar surface area (TPSA) is 78.1 Å². The molecule has 0 saturated heterocycles. The molecule has 0 spiro atoms. The largest absolute Gasteiger partial charge is 0.396 e. The predicted octanol–water partition coefficient (Wildman–Crippen LogP) is 1.36. The van der Waals surface area contributed by atoms with Crippen molar-refractivity contribution in [1.82, 2.24) is 0 Å². The monoisotopic (exact) mass is 193 g/mol. The Balaban J connectivity index is 3.60. The minimum Gasteiger partial charge on any atom is -0.396 e. The molecule has 0 saturated carbocycles. The zero-order valence-electron chi connectivity index (χ0n) is 5.87. The normalized spacial score (nSPS) is 10.2. The molecule has 6 heteroatoms. The third-order valence-electron chi connectivity index (χ3n) is 1.43. The summed E-state index contributed by atoms with van der Waals surface area (Å²) in [5.41, 5.74) is 13.8. The first-order valence-electron chi connectivity index (χ1n) is 2.93. The van der Waals surface area contributed by atoms with Crippen molar-refractivity contribution in [2.75, 3.05) is 17.2 Å². The molecule has 1 aromatic carbocycles. The number of nitrogen functional groups attached to an aromatic ring is 3. The van der Waals surface area contributed by atoms with Gasteiger partial charge in [-0.25, -0.2) is 8.78 Å². The van der Waals surface area contributed by atoms with Crippen molar-refractivity contribution < 1.29 is 8.78 Å². The maximum Gasteiger partial charge on any atom is 0.174 e. The molecule has 0 amide bonds. The summed E-state index contributed by atoms with van der Waals surface area (Å²) in [5.74, 6) is -2.16. The van der Waals surface area contributed by atoms with E-state index in [1.54, 1.807) is 0 Å². The van der Waals surface area contributed by atoms with Gasteiger partial charge in [-0.3, -0.25) is 0 Å². The van der Waals surface area contributed by atoms with Gasteiger partial charge in [0.25, 0.3) is 0 Å². The highest BCUT2D eigenvalue weighted by Crippen LogP contribution is 2.34. The van der Waals surface area contributed by atoms with Crippen LogP contribution in [0.25, 0.3) is 0 Å². The van der Waals surface area contributed by atoms with Gasteiger partial charge in [0.15, 0.2) is 11.6 Å². The number of rotatable bonds is 0. The molecule has 0 aliphatic heterocycles. The molecule has 1 rings (SSSR count). The van der Waals surface area contributed by atoms with Gasteiger partial charge in [0.2, 0.25) is 0 Å². The molecule has 0 radical (unpaired) electrons. The van der Waals surface area contributed by atoms with Gasteiger partial charge in [0, 0.05) is 0 Å². The highest BCUT2D eigenvalue weighted by molar-refractivity contribution is 6.34. The SMILES string of the molecule is Nc1c(N)c(Cl)c(F)c(N)c1F. The third kappa shape index (κ3) is 1.02. The molecule has 0 aliphatic carbocycles. The molecule has 0 aromatic heterocycles. The Hall–Kier alpha value is -1.23. The number of anilines is 3. The Labute approximate surface area is 72.1 Å². The molecule has 1 aromatic rings.